The highest BCUT2D eigenvalue weighted by Gasteiger charge is 2.35. The average Bonchev–Trinajstić information content (AvgIpc) is 2.26. The topological polar surface area (TPSA) is 66.4 Å². The highest BCUT2D eigenvalue weighted by Crippen LogP contribution is 2.33. The molecule has 17 heavy (non-hydrogen) atoms. The van der Waals surface area contributed by atoms with Gasteiger partial charge in [0.2, 0.25) is 0 Å². The van der Waals surface area contributed by atoms with Gasteiger partial charge in [-0.1, -0.05) is 0 Å². The summed E-state index contributed by atoms with van der Waals surface area (Å²) >= 11 is -2.53. The molecule has 0 aromatic heterocycles. The summed E-state index contributed by atoms with van der Waals surface area (Å²) in [5, 5.41) is 2.07. The summed E-state index contributed by atoms with van der Waals surface area (Å²) in [6.45, 7) is 0. The molecular weight excluding hydrogens is 259 g/mol. The van der Waals surface area contributed by atoms with Gasteiger partial charge in [0.1, 0.15) is 0 Å². The van der Waals surface area contributed by atoms with E-state index in [-0.39, 0.29) is 0 Å². The van der Waals surface area contributed by atoms with Crippen LogP contribution in [0.5, 0.6) is 0 Å². The van der Waals surface area contributed by atoms with Gasteiger partial charge in [-0.3, -0.25) is 4.79 Å². The molecule has 0 spiro atoms. The zero-order valence-electron chi connectivity index (χ0n) is 8.54. The molecule has 1 aromatic carbocycles. The van der Waals surface area contributed by atoms with Gasteiger partial charge in [-0.25, -0.2) is 4.21 Å². The summed E-state index contributed by atoms with van der Waals surface area (Å²) in [6.07, 6.45) is -4.77. The molecule has 1 atom stereocenters. The van der Waals surface area contributed by atoms with Crippen LogP contribution in [0.2, 0.25) is 0 Å². The lowest BCUT2D eigenvalue weighted by Crippen LogP contribution is -2.22. The average molecular weight is 267 g/mol. The quantitative estimate of drug-likeness (QED) is 0.801. The minimum absolute atomic E-state index is 0.412. The highest BCUT2D eigenvalue weighted by atomic mass is 32.2. The fourth-order valence-corrected chi connectivity index (χ4v) is 1.60. The van der Waals surface area contributed by atoms with E-state index in [9.17, 15) is 22.2 Å². The van der Waals surface area contributed by atoms with Crippen LogP contribution in [-0.4, -0.2) is 21.7 Å². The number of benzene rings is 1. The Bertz CT molecular complexity index is 473. The van der Waals surface area contributed by atoms with Crippen molar-refractivity contribution >= 4 is 17.0 Å². The lowest BCUT2D eigenvalue weighted by Gasteiger charge is -2.12. The fourth-order valence-electron chi connectivity index (χ4n) is 1.20. The van der Waals surface area contributed by atoms with Gasteiger partial charge >= 0.3 is 6.18 Å². The Hall–Kier alpha value is -1.41. The fraction of sp³-hybridized carbons (Fsp3) is 0.222. The third kappa shape index (κ3) is 3.04. The number of carbonyl (C=O) groups excluding carboxylic acids is 1. The Morgan fingerprint density at radius 2 is 2.00 bits per heavy atom. The van der Waals surface area contributed by atoms with E-state index >= 15 is 0 Å². The summed E-state index contributed by atoms with van der Waals surface area (Å²) in [7, 11) is 1.20. The molecule has 0 saturated carbocycles. The standard InChI is InChI=1S/C9H8F3NO3S/c1-13-8(14)6-3-2-5(17(15)16)4-7(6)9(10,11)12/h2-4H,1H3,(H,13,14)(H,15,16). The lowest BCUT2D eigenvalue weighted by molar-refractivity contribution is -0.138. The van der Waals surface area contributed by atoms with Crippen LogP contribution >= 0.6 is 0 Å². The number of rotatable bonds is 2. The van der Waals surface area contributed by atoms with Crippen molar-refractivity contribution in [3.63, 3.8) is 0 Å². The van der Waals surface area contributed by atoms with Gasteiger partial charge in [0, 0.05) is 7.05 Å². The second kappa shape index (κ2) is 4.84. The Labute approximate surface area is 97.1 Å². The smallest absolute Gasteiger partial charge is 0.355 e. The SMILES string of the molecule is CNC(=O)c1ccc(S(=O)O)cc1C(F)(F)F. The summed E-state index contributed by atoms with van der Waals surface area (Å²) in [6, 6.07) is 2.35. The van der Waals surface area contributed by atoms with Crippen LogP contribution in [0.15, 0.2) is 23.1 Å². The molecule has 94 valence electrons. The van der Waals surface area contributed by atoms with Crippen LogP contribution in [0.25, 0.3) is 0 Å². The second-order valence-corrected chi connectivity index (χ2v) is 4.00. The Morgan fingerprint density at radius 1 is 1.41 bits per heavy atom. The molecule has 2 N–H and O–H groups in total. The Balaban J connectivity index is 3.42. The molecule has 1 unspecified atom stereocenters. The predicted molar refractivity (Wildman–Crippen MR) is 53.9 cm³/mol. The van der Waals surface area contributed by atoms with E-state index in [1.807, 2.05) is 0 Å². The van der Waals surface area contributed by atoms with E-state index in [2.05, 4.69) is 5.32 Å². The molecule has 4 nitrogen and oxygen atoms in total. The molecule has 0 heterocycles. The van der Waals surface area contributed by atoms with Crippen molar-refractivity contribution in [2.24, 2.45) is 0 Å². The zero-order valence-corrected chi connectivity index (χ0v) is 9.35. The Morgan fingerprint density at radius 3 is 2.41 bits per heavy atom. The van der Waals surface area contributed by atoms with Crippen molar-refractivity contribution in [2.75, 3.05) is 7.05 Å². The van der Waals surface area contributed by atoms with Gasteiger partial charge in [0.15, 0.2) is 11.1 Å². The normalized spacial score (nSPS) is 13.2. The van der Waals surface area contributed by atoms with Gasteiger partial charge in [-0.2, -0.15) is 13.2 Å². The molecule has 0 aliphatic rings. The monoisotopic (exact) mass is 267 g/mol. The molecule has 8 heteroatoms. The number of nitrogens with one attached hydrogen (secondary N) is 1. The maximum absolute atomic E-state index is 12.6. The van der Waals surface area contributed by atoms with Crippen molar-refractivity contribution in [1.29, 1.82) is 0 Å². The maximum atomic E-state index is 12.6. The number of alkyl halides is 3. The van der Waals surface area contributed by atoms with Gasteiger partial charge in [0.05, 0.1) is 16.0 Å². The molecule has 1 aromatic rings. The molecule has 0 saturated heterocycles. The third-order valence-corrected chi connectivity index (χ3v) is 2.63. The minimum Gasteiger partial charge on any atom is -0.355 e. The van der Waals surface area contributed by atoms with Crippen LogP contribution in [0.4, 0.5) is 13.2 Å². The van der Waals surface area contributed by atoms with Crippen molar-refractivity contribution in [3.05, 3.63) is 29.3 Å². The van der Waals surface area contributed by atoms with E-state index in [1.54, 1.807) is 0 Å². The minimum atomic E-state index is -4.77. The maximum Gasteiger partial charge on any atom is 0.417 e. The van der Waals surface area contributed by atoms with Crippen LogP contribution in [0.3, 0.4) is 0 Å². The van der Waals surface area contributed by atoms with Gasteiger partial charge < -0.3 is 9.87 Å². The van der Waals surface area contributed by atoms with Crippen LogP contribution < -0.4 is 5.32 Å². The number of amides is 1. The number of hydrogen-bond acceptors (Lipinski definition) is 2. The second-order valence-electron chi connectivity index (χ2n) is 3.03. The largest absolute Gasteiger partial charge is 0.417 e. The van der Waals surface area contributed by atoms with E-state index < -0.39 is 39.2 Å². The van der Waals surface area contributed by atoms with Crippen molar-refractivity contribution in [3.8, 4) is 0 Å². The zero-order chi connectivity index (χ0) is 13.2. The molecule has 0 aliphatic carbocycles. The molecule has 0 radical (unpaired) electrons. The lowest BCUT2D eigenvalue weighted by atomic mass is 10.1. The first-order valence-corrected chi connectivity index (χ1v) is 5.42. The van der Waals surface area contributed by atoms with Crippen molar-refractivity contribution in [2.45, 2.75) is 11.1 Å². The first-order chi connectivity index (χ1) is 7.77. The number of halogens is 3. The summed E-state index contributed by atoms with van der Waals surface area (Å²) < 4.78 is 57.3. The molecule has 0 bridgehead atoms. The van der Waals surface area contributed by atoms with Crippen LogP contribution in [0, 0.1) is 0 Å². The third-order valence-electron chi connectivity index (χ3n) is 1.97. The van der Waals surface area contributed by atoms with Gasteiger partial charge in [0.25, 0.3) is 5.91 Å². The Kier molecular flexibility index (Phi) is 3.89. The summed E-state index contributed by atoms with van der Waals surface area (Å²) in [4.78, 5) is 10.8. The molecule has 0 fully saturated rings. The first-order valence-electron chi connectivity index (χ1n) is 4.31. The molecular formula is C9H8F3NO3S. The van der Waals surface area contributed by atoms with E-state index in [1.165, 1.54) is 7.05 Å². The number of hydrogen-bond donors (Lipinski definition) is 2. The van der Waals surface area contributed by atoms with Crippen LogP contribution in [-0.2, 0) is 17.3 Å². The van der Waals surface area contributed by atoms with Gasteiger partial charge in [-0.15, -0.1) is 0 Å². The summed E-state index contributed by atoms with van der Waals surface area (Å²) in [5.74, 6) is -0.910. The van der Waals surface area contributed by atoms with Crippen LogP contribution in [0.1, 0.15) is 15.9 Å². The van der Waals surface area contributed by atoms with E-state index in [0.717, 1.165) is 12.1 Å². The predicted octanol–water partition coefficient (Wildman–Crippen LogP) is 1.65. The number of carbonyl (C=O) groups is 1. The summed E-state index contributed by atoms with van der Waals surface area (Å²) in [5.41, 5.74) is -1.83. The molecule has 1 amide bonds. The van der Waals surface area contributed by atoms with Crippen molar-refractivity contribution in [1.82, 2.24) is 5.32 Å². The molecule has 0 aliphatic heterocycles. The highest BCUT2D eigenvalue weighted by molar-refractivity contribution is 7.79. The van der Waals surface area contributed by atoms with Crippen molar-refractivity contribution < 1.29 is 26.7 Å². The van der Waals surface area contributed by atoms with E-state index in [0.29, 0.717) is 6.07 Å². The first kappa shape index (κ1) is 13.7. The molecule has 1 rings (SSSR count). The van der Waals surface area contributed by atoms with Gasteiger partial charge in [-0.05, 0) is 18.2 Å². The van der Waals surface area contributed by atoms with E-state index in [4.69, 9.17) is 4.55 Å².